The van der Waals surface area contributed by atoms with Gasteiger partial charge in [0.05, 0.1) is 5.39 Å². The smallest absolute Gasteiger partial charge is 0.263 e. The van der Waals surface area contributed by atoms with Gasteiger partial charge in [-0.3, -0.25) is 14.2 Å². The lowest BCUT2D eigenvalue weighted by atomic mass is 9.86. The Labute approximate surface area is 182 Å². The van der Waals surface area contributed by atoms with Crippen LogP contribution in [-0.2, 0) is 10.2 Å². The summed E-state index contributed by atoms with van der Waals surface area (Å²) in [5.74, 6) is 0.0899. The second-order valence-corrected chi connectivity index (χ2v) is 10.4. The van der Waals surface area contributed by atoms with E-state index in [2.05, 4.69) is 45.0 Å². The molecule has 0 bridgehead atoms. The quantitative estimate of drug-likeness (QED) is 0.603. The molecule has 0 spiro atoms. The molecule has 0 radical (unpaired) electrons. The van der Waals surface area contributed by atoms with Gasteiger partial charge in [-0.25, -0.2) is 4.98 Å². The second-order valence-electron chi connectivity index (χ2n) is 9.17. The van der Waals surface area contributed by atoms with Gasteiger partial charge in [-0.2, -0.15) is 0 Å². The van der Waals surface area contributed by atoms with Crippen LogP contribution in [0.4, 0.5) is 0 Å². The maximum absolute atomic E-state index is 13.7. The first-order valence-electron chi connectivity index (χ1n) is 10.4. The van der Waals surface area contributed by atoms with Gasteiger partial charge in [0, 0.05) is 16.4 Å². The maximum Gasteiger partial charge on any atom is 0.263 e. The standard InChI is InChI=1S/C24H31N3O2S/c1-8-17(20(25)28)27-21(13(2)3)26-22-19(23(27)29)18(14(4)30-22)15-9-11-16(12-10-15)24(5,6)7/h9-13,17H,8H2,1-7H3,(H2,25,28). The first-order chi connectivity index (χ1) is 14.0. The molecule has 30 heavy (non-hydrogen) atoms. The van der Waals surface area contributed by atoms with E-state index in [0.717, 1.165) is 16.0 Å². The zero-order valence-electron chi connectivity index (χ0n) is 18.9. The lowest BCUT2D eigenvalue weighted by Gasteiger charge is -2.21. The monoisotopic (exact) mass is 425 g/mol. The molecule has 0 aliphatic rings. The SMILES string of the molecule is CCC(C(N)=O)n1c(C(C)C)nc2sc(C)c(-c3ccc(C(C)(C)C)cc3)c2c1=O. The number of hydrogen-bond donors (Lipinski definition) is 1. The van der Waals surface area contributed by atoms with Crippen LogP contribution in [0.15, 0.2) is 29.1 Å². The van der Waals surface area contributed by atoms with Crippen LogP contribution in [0.3, 0.4) is 0 Å². The van der Waals surface area contributed by atoms with Crippen LogP contribution in [0.2, 0.25) is 0 Å². The zero-order valence-corrected chi connectivity index (χ0v) is 19.7. The molecule has 1 amide bonds. The van der Waals surface area contributed by atoms with Crippen LogP contribution in [0.1, 0.15) is 76.2 Å². The van der Waals surface area contributed by atoms with E-state index in [4.69, 9.17) is 10.7 Å². The van der Waals surface area contributed by atoms with Crippen LogP contribution >= 0.6 is 11.3 Å². The fourth-order valence-corrected chi connectivity index (χ4v) is 4.94. The highest BCUT2D eigenvalue weighted by Crippen LogP contribution is 2.37. The second kappa shape index (κ2) is 7.99. The topological polar surface area (TPSA) is 78.0 Å². The van der Waals surface area contributed by atoms with E-state index in [9.17, 15) is 9.59 Å². The van der Waals surface area contributed by atoms with Gasteiger partial charge in [-0.05, 0) is 29.9 Å². The highest BCUT2D eigenvalue weighted by atomic mass is 32.1. The minimum absolute atomic E-state index is 0.00701. The van der Waals surface area contributed by atoms with Crippen LogP contribution in [0, 0.1) is 6.92 Å². The first-order valence-corrected chi connectivity index (χ1v) is 11.2. The van der Waals surface area contributed by atoms with Gasteiger partial charge in [0.25, 0.3) is 5.56 Å². The van der Waals surface area contributed by atoms with Crippen LogP contribution < -0.4 is 11.3 Å². The van der Waals surface area contributed by atoms with Gasteiger partial charge in [-0.1, -0.05) is 65.8 Å². The Morgan fingerprint density at radius 1 is 1.20 bits per heavy atom. The average molecular weight is 426 g/mol. The molecule has 2 aromatic heterocycles. The van der Waals surface area contributed by atoms with Gasteiger partial charge in [0.1, 0.15) is 16.7 Å². The predicted molar refractivity (Wildman–Crippen MR) is 125 cm³/mol. The molecule has 0 aliphatic carbocycles. The van der Waals surface area contributed by atoms with Crippen LogP contribution in [-0.4, -0.2) is 15.5 Å². The molecule has 0 fully saturated rings. The molecule has 3 aromatic rings. The molecule has 1 aromatic carbocycles. The van der Waals surface area contributed by atoms with Gasteiger partial charge >= 0.3 is 0 Å². The summed E-state index contributed by atoms with van der Waals surface area (Å²) in [4.78, 5) is 32.4. The van der Waals surface area contributed by atoms with Crippen molar-refractivity contribution in [2.75, 3.05) is 0 Å². The molecule has 5 nitrogen and oxygen atoms in total. The Morgan fingerprint density at radius 3 is 2.27 bits per heavy atom. The molecular weight excluding hydrogens is 394 g/mol. The normalized spacial score (nSPS) is 13.2. The van der Waals surface area contributed by atoms with Crippen molar-refractivity contribution >= 4 is 27.5 Å². The summed E-state index contributed by atoms with van der Waals surface area (Å²) in [5, 5.41) is 0.574. The molecule has 3 rings (SSSR count). The van der Waals surface area contributed by atoms with Crippen molar-refractivity contribution in [3.8, 4) is 11.1 Å². The Morgan fingerprint density at radius 2 is 1.80 bits per heavy atom. The van der Waals surface area contributed by atoms with Gasteiger partial charge < -0.3 is 5.73 Å². The third-order valence-corrected chi connectivity index (χ3v) is 6.54. The maximum atomic E-state index is 13.7. The highest BCUT2D eigenvalue weighted by molar-refractivity contribution is 7.19. The number of aromatic nitrogens is 2. The first kappa shape index (κ1) is 22.2. The van der Waals surface area contributed by atoms with Crippen molar-refractivity contribution in [3.63, 3.8) is 0 Å². The summed E-state index contributed by atoms with van der Waals surface area (Å²) in [6.45, 7) is 14.4. The molecule has 2 heterocycles. The zero-order chi connectivity index (χ0) is 22.4. The predicted octanol–water partition coefficient (Wildman–Crippen LogP) is 5.29. The number of amides is 1. The van der Waals surface area contributed by atoms with Crippen molar-refractivity contribution in [2.45, 2.75) is 72.3 Å². The highest BCUT2D eigenvalue weighted by Gasteiger charge is 2.27. The lowest BCUT2D eigenvalue weighted by Crippen LogP contribution is -2.36. The number of carbonyl (C=O) groups excluding carboxylic acids is 1. The number of nitrogens with zero attached hydrogens (tertiary/aromatic N) is 2. The summed E-state index contributed by atoms with van der Waals surface area (Å²) in [6, 6.07) is 7.67. The third kappa shape index (κ3) is 3.81. The molecule has 0 saturated carbocycles. The van der Waals surface area contributed by atoms with Crippen molar-refractivity contribution in [3.05, 3.63) is 50.9 Å². The molecule has 0 saturated heterocycles. The van der Waals surface area contributed by atoms with Gasteiger partial charge in [0.2, 0.25) is 5.91 Å². The van der Waals surface area contributed by atoms with Gasteiger partial charge in [0.15, 0.2) is 0 Å². The Balaban J connectivity index is 2.34. The van der Waals surface area contributed by atoms with E-state index < -0.39 is 11.9 Å². The van der Waals surface area contributed by atoms with Crippen LogP contribution in [0.5, 0.6) is 0 Å². The number of carbonyl (C=O) groups is 1. The number of aryl methyl sites for hydroxylation is 1. The van der Waals surface area contributed by atoms with E-state index in [1.165, 1.54) is 21.5 Å². The molecule has 6 heteroatoms. The molecule has 160 valence electrons. The molecule has 1 atom stereocenters. The fourth-order valence-electron chi connectivity index (χ4n) is 3.89. The third-order valence-electron chi connectivity index (χ3n) is 5.54. The summed E-state index contributed by atoms with van der Waals surface area (Å²) >= 11 is 1.52. The van der Waals surface area contributed by atoms with E-state index in [-0.39, 0.29) is 16.9 Å². The number of primary amides is 1. The van der Waals surface area contributed by atoms with Crippen molar-refractivity contribution in [2.24, 2.45) is 5.73 Å². The Hall–Kier alpha value is -2.47. The number of rotatable bonds is 5. The van der Waals surface area contributed by atoms with Crippen LogP contribution in [0.25, 0.3) is 21.3 Å². The Kier molecular flexibility index (Phi) is 5.92. The molecular formula is C24H31N3O2S. The summed E-state index contributed by atoms with van der Waals surface area (Å²) in [5.41, 5.74) is 8.64. The number of thiophene rings is 1. The van der Waals surface area contributed by atoms with E-state index >= 15 is 0 Å². The summed E-state index contributed by atoms with van der Waals surface area (Å²) in [7, 11) is 0. The van der Waals surface area contributed by atoms with Crippen molar-refractivity contribution in [1.82, 2.24) is 9.55 Å². The van der Waals surface area contributed by atoms with Gasteiger partial charge in [-0.15, -0.1) is 11.3 Å². The number of fused-ring (bicyclic) bond motifs is 1. The summed E-state index contributed by atoms with van der Waals surface area (Å²) in [6.07, 6.45) is 0.445. The molecule has 0 aliphatic heterocycles. The lowest BCUT2D eigenvalue weighted by molar-refractivity contribution is -0.121. The van der Waals surface area contributed by atoms with E-state index in [0.29, 0.717) is 22.5 Å². The minimum atomic E-state index is -0.705. The fraction of sp³-hybridized carbons (Fsp3) is 0.458. The van der Waals surface area contributed by atoms with E-state index in [1.807, 2.05) is 27.7 Å². The average Bonchev–Trinajstić information content (AvgIpc) is 2.99. The number of benzene rings is 1. The molecule has 1 unspecified atom stereocenters. The van der Waals surface area contributed by atoms with Crippen molar-refractivity contribution < 1.29 is 4.79 Å². The number of nitrogens with two attached hydrogens (primary N) is 1. The van der Waals surface area contributed by atoms with Crippen molar-refractivity contribution in [1.29, 1.82) is 0 Å². The van der Waals surface area contributed by atoms with E-state index in [1.54, 1.807) is 0 Å². The summed E-state index contributed by atoms with van der Waals surface area (Å²) < 4.78 is 1.52. The molecule has 2 N–H and O–H groups in total. The Bertz CT molecular complexity index is 1150. The number of hydrogen-bond acceptors (Lipinski definition) is 4. The minimum Gasteiger partial charge on any atom is -0.368 e. The largest absolute Gasteiger partial charge is 0.368 e.